The molecule has 1 rings (SSSR count). The van der Waals surface area contributed by atoms with Gasteiger partial charge in [0, 0.05) is 12.5 Å². The van der Waals surface area contributed by atoms with E-state index in [2.05, 4.69) is 6.92 Å². The molecule has 1 aliphatic heterocycles. The molecule has 2 atom stereocenters. The summed E-state index contributed by atoms with van der Waals surface area (Å²) in [6, 6.07) is 0. The molecule has 0 aliphatic carbocycles. The fourth-order valence-corrected chi connectivity index (χ4v) is 1.40. The summed E-state index contributed by atoms with van der Waals surface area (Å²) in [5, 5.41) is 0. The van der Waals surface area contributed by atoms with E-state index in [-0.39, 0.29) is 12.0 Å². The van der Waals surface area contributed by atoms with E-state index in [4.69, 9.17) is 4.74 Å². The Morgan fingerprint density at radius 3 is 3.10 bits per heavy atom. The molecule has 0 aromatic heterocycles. The third kappa shape index (κ3) is 1.57. The summed E-state index contributed by atoms with van der Waals surface area (Å²) in [7, 11) is 0. The van der Waals surface area contributed by atoms with Gasteiger partial charge in [0.2, 0.25) is 0 Å². The third-order valence-corrected chi connectivity index (χ3v) is 2.01. The van der Waals surface area contributed by atoms with Crippen molar-refractivity contribution in [3.05, 3.63) is 0 Å². The molecule has 0 aromatic rings. The molecule has 0 aromatic carbocycles. The van der Waals surface area contributed by atoms with Crippen LogP contribution in [0.15, 0.2) is 0 Å². The summed E-state index contributed by atoms with van der Waals surface area (Å²) in [4.78, 5) is 10.4. The van der Waals surface area contributed by atoms with E-state index in [0.717, 1.165) is 32.2 Å². The third-order valence-electron chi connectivity index (χ3n) is 2.01. The highest BCUT2D eigenvalue weighted by Gasteiger charge is 2.26. The predicted molar refractivity (Wildman–Crippen MR) is 38.8 cm³/mol. The number of hydrogen-bond acceptors (Lipinski definition) is 2. The van der Waals surface area contributed by atoms with Crippen LogP contribution in [0.5, 0.6) is 0 Å². The highest BCUT2D eigenvalue weighted by Crippen LogP contribution is 2.22. The fraction of sp³-hybridized carbons (Fsp3) is 0.875. The molecule has 0 unspecified atom stereocenters. The van der Waals surface area contributed by atoms with Crippen LogP contribution in [-0.4, -0.2) is 19.0 Å². The van der Waals surface area contributed by atoms with Crippen LogP contribution in [0, 0.1) is 5.92 Å². The second kappa shape index (κ2) is 3.71. The van der Waals surface area contributed by atoms with Crippen molar-refractivity contribution in [3.8, 4) is 0 Å². The van der Waals surface area contributed by atoms with E-state index in [1.165, 1.54) is 0 Å². The van der Waals surface area contributed by atoms with E-state index >= 15 is 0 Å². The summed E-state index contributed by atoms with van der Waals surface area (Å²) < 4.78 is 5.37. The molecule has 0 bridgehead atoms. The van der Waals surface area contributed by atoms with Gasteiger partial charge in [0.05, 0.1) is 6.10 Å². The van der Waals surface area contributed by atoms with Gasteiger partial charge in [-0.05, 0) is 12.8 Å². The van der Waals surface area contributed by atoms with E-state index in [1.54, 1.807) is 0 Å². The molecule has 1 aliphatic rings. The second-order valence-electron chi connectivity index (χ2n) is 2.79. The fourth-order valence-electron chi connectivity index (χ4n) is 1.40. The predicted octanol–water partition coefficient (Wildman–Crippen LogP) is 1.39. The smallest absolute Gasteiger partial charge is 0.125 e. The summed E-state index contributed by atoms with van der Waals surface area (Å²) in [5.74, 6) is 0.181. The maximum Gasteiger partial charge on any atom is 0.125 e. The van der Waals surface area contributed by atoms with E-state index in [0.29, 0.717) is 0 Å². The number of ether oxygens (including phenoxy) is 1. The standard InChI is InChI=1S/C8H14O2/c1-2-3-8-7(6-9)4-5-10-8/h6-8H,2-5H2,1H3/t7-,8+/m1/s1. The maximum atomic E-state index is 10.4. The van der Waals surface area contributed by atoms with Crippen molar-refractivity contribution in [2.75, 3.05) is 6.61 Å². The zero-order valence-corrected chi connectivity index (χ0v) is 6.38. The zero-order valence-electron chi connectivity index (χ0n) is 6.38. The molecule has 0 amide bonds. The Kier molecular flexibility index (Phi) is 2.87. The van der Waals surface area contributed by atoms with Crippen LogP contribution in [0.2, 0.25) is 0 Å². The first kappa shape index (κ1) is 7.73. The van der Waals surface area contributed by atoms with Gasteiger partial charge in [0.25, 0.3) is 0 Å². The van der Waals surface area contributed by atoms with Gasteiger partial charge in [-0.1, -0.05) is 13.3 Å². The SMILES string of the molecule is CCC[C@@H]1OCC[C@@H]1C=O. The van der Waals surface area contributed by atoms with Crippen molar-refractivity contribution in [3.63, 3.8) is 0 Å². The van der Waals surface area contributed by atoms with Gasteiger partial charge in [-0.3, -0.25) is 0 Å². The largest absolute Gasteiger partial charge is 0.377 e. The number of hydrogen-bond donors (Lipinski definition) is 0. The van der Waals surface area contributed by atoms with Crippen molar-refractivity contribution >= 4 is 6.29 Å². The quantitative estimate of drug-likeness (QED) is 0.556. The van der Waals surface area contributed by atoms with Crippen LogP contribution in [0.1, 0.15) is 26.2 Å². The molecule has 10 heavy (non-hydrogen) atoms. The van der Waals surface area contributed by atoms with Crippen LogP contribution in [-0.2, 0) is 9.53 Å². The molecule has 2 heteroatoms. The summed E-state index contributed by atoms with van der Waals surface area (Å²) in [5.41, 5.74) is 0. The lowest BCUT2D eigenvalue weighted by Crippen LogP contribution is -2.16. The summed E-state index contributed by atoms with van der Waals surface area (Å²) in [6.07, 6.45) is 4.32. The van der Waals surface area contributed by atoms with Gasteiger partial charge in [-0.25, -0.2) is 0 Å². The Balaban J connectivity index is 2.34. The minimum atomic E-state index is 0.181. The van der Waals surface area contributed by atoms with Crippen molar-refractivity contribution in [2.24, 2.45) is 5.92 Å². The van der Waals surface area contributed by atoms with Crippen molar-refractivity contribution in [2.45, 2.75) is 32.3 Å². The Labute approximate surface area is 61.6 Å². The molecular formula is C8H14O2. The molecule has 0 saturated carbocycles. The molecule has 0 radical (unpaired) electrons. The van der Waals surface area contributed by atoms with Crippen LogP contribution < -0.4 is 0 Å². The normalized spacial score (nSPS) is 32.5. The van der Waals surface area contributed by atoms with Crippen molar-refractivity contribution < 1.29 is 9.53 Å². The van der Waals surface area contributed by atoms with Gasteiger partial charge in [0.1, 0.15) is 6.29 Å². The molecule has 1 saturated heterocycles. The van der Waals surface area contributed by atoms with Crippen molar-refractivity contribution in [1.82, 2.24) is 0 Å². The Bertz CT molecular complexity index is 112. The number of carbonyl (C=O) groups is 1. The van der Waals surface area contributed by atoms with Gasteiger partial charge < -0.3 is 9.53 Å². The molecule has 0 spiro atoms. The van der Waals surface area contributed by atoms with Gasteiger partial charge in [0.15, 0.2) is 0 Å². The Morgan fingerprint density at radius 1 is 1.70 bits per heavy atom. The Morgan fingerprint density at radius 2 is 2.50 bits per heavy atom. The first-order valence-corrected chi connectivity index (χ1v) is 3.95. The number of rotatable bonds is 3. The number of aldehydes is 1. The summed E-state index contributed by atoms with van der Waals surface area (Å²) >= 11 is 0. The molecule has 0 N–H and O–H groups in total. The monoisotopic (exact) mass is 142 g/mol. The minimum absolute atomic E-state index is 0.181. The lowest BCUT2D eigenvalue weighted by Gasteiger charge is -2.10. The molecule has 2 nitrogen and oxygen atoms in total. The topological polar surface area (TPSA) is 26.3 Å². The van der Waals surface area contributed by atoms with Crippen molar-refractivity contribution in [1.29, 1.82) is 0 Å². The first-order chi connectivity index (χ1) is 4.88. The van der Waals surface area contributed by atoms with Crippen LogP contribution in [0.25, 0.3) is 0 Å². The van der Waals surface area contributed by atoms with Gasteiger partial charge in [-0.15, -0.1) is 0 Å². The minimum Gasteiger partial charge on any atom is -0.377 e. The second-order valence-corrected chi connectivity index (χ2v) is 2.79. The molecular weight excluding hydrogens is 128 g/mol. The Hall–Kier alpha value is -0.370. The number of carbonyl (C=O) groups excluding carboxylic acids is 1. The lowest BCUT2D eigenvalue weighted by molar-refractivity contribution is -0.112. The lowest BCUT2D eigenvalue weighted by atomic mass is 10.0. The van der Waals surface area contributed by atoms with Crippen LogP contribution in [0.3, 0.4) is 0 Å². The highest BCUT2D eigenvalue weighted by atomic mass is 16.5. The first-order valence-electron chi connectivity index (χ1n) is 3.95. The van der Waals surface area contributed by atoms with Gasteiger partial charge >= 0.3 is 0 Å². The maximum absolute atomic E-state index is 10.4. The zero-order chi connectivity index (χ0) is 7.40. The summed E-state index contributed by atoms with van der Waals surface area (Å²) in [6.45, 7) is 2.89. The van der Waals surface area contributed by atoms with E-state index in [1.807, 2.05) is 0 Å². The van der Waals surface area contributed by atoms with E-state index in [9.17, 15) is 4.79 Å². The average molecular weight is 142 g/mol. The molecule has 58 valence electrons. The average Bonchev–Trinajstić information content (AvgIpc) is 2.36. The van der Waals surface area contributed by atoms with Gasteiger partial charge in [-0.2, -0.15) is 0 Å². The van der Waals surface area contributed by atoms with Crippen LogP contribution >= 0.6 is 0 Å². The molecule has 1 fully saturated rings. The van der Waals surface area contributed by atoms with Crippen LogP contribution in [0.4, 0.5) is 0 Å². The van der Waals surface area contributed by atoms with E-state index < -0.39 is 0 Å². The highest BCUT2D eigenvalue weighted by molar-refractivity contribution is 5.54. The molecule has 1 heterocycles.